The van der Waals surface area contributed by atoms with Gasteiger partial charge >= 0.3 is 7.12 Å². The van der Waals surface area contributed by atoms with Gasteiger partial charge in [0, 0.05) is 18.3 Å². The molecule has 3 N–H and O–H groups in total. The minimum Gasteiger partial charge on any atom is -0.505 e. The van der Waals surface area contributed by atoms with Gasteiger partial charge in [0.25, 0.3) is 5.69 Å². The van der Waals surface area contributed by atoms with Crippen molar-refractivity contribution in [1.82, 2.24) is 4.98 Å². The Morgan fingerprint density at radius 3 is 2.67 bits per heavy atom. The van der Waals surface area contributed by atoms with Crippen LogP contribution in [-0.4, -0.2) is 56.8 Å². The highest BCUT2D eigenvalue weighted by atomic mass is 19.1. The number of nitro benzene ring substituents is 1. The molecule has 6 rings (SSSR count). The summed E-state index contributed by atoms with van der Waals surface area (Å²) in [6, 6.07) is 14.8. The first-order valence-electron chi connectivity index (χ1n) is 14.5. The highest BCUT2D eigenvalue weighted by Gasteiger charge is 2.57. The van der Waals surface area contributed by atoms with E-state index >= 15 is 0 Å². The van der Waals surface area contributed by atoms with E-state index in [2.05, 4.69) is 4.98 Å². The molecular weight excluding hydrogens is 584 g/mol. The first-order chi connectivity index (χ1) is 21.7. The number of phenolic OH excluding ortho intramolecular Hbond substituents is 1. The second-order valence-electron chi connectivity index (χ2n) is 11.4. The Labute approximate surface area is 257 Å². The Morgan fingerprint density at radius 1 is 1.13 bits per heavy atom. The minimum atomic E-state index is -1.24. The summed E-state index contributed by atoms with van der Waals surface area (Å²) in [5.74, 6) is -4.50. The molecule has 2 saturated heterocycles. The largest absolute Gasteiger partial charge is 0.505 e. The second kappa shape index (κ2) is 12.3. The smallest absolute Gasteiger partial charge is 0.455 e. The highest BCUT2D eigenvalue weighted by molar-refractivity contribution is 6.43. The Morgan fingerprint density at radius 2 is 1.96 bits per heavy atom. The number of pyridine rings is 1. The van der Waals surface area contributed by atoms with Crippen LogP contribution in [0.1, 0.15) is 30.5 Å². The number of benzene rings is 2. The number of phenols is 1. The number of anilines is 1. The third-order valence-corrected chi connectivity index (χ3v) is 8.78. The zero-order valence-corrected chi connectivity index (χ0v) is 24.0. The number of imide groups is 1. The van der Waals surface area contributed by atoms with Crippen molar-refractivity contribution >= 4 is 42.0 Å². The molecule has 4 atom stereocenters. The van der Waals surface area contributed by atoms with Gasteiger partial charge in [0.15, 0.2) is 11.6 Å². The molecule has 3 heterocycles. The fraction of sp³-hybridized carbons (Fsp3) is 0.281. The number of amides is 2. The fourth-order valence-corrected chi connectivity index (χ4v) is 6.84. The Kier molecular flexibility index (Phi) is 8.32. The van der Waals surface area contributed by atoms with Gasteiger partial charge in [0.2, 0.25) is 11.8 Å². The van der Waals surface area contributed by atoms with Crippen molar-refractivity contribution in [2.45, 2.75) is 31.7 Å². The number of hydrogen-bond donors (Lipinski definition) is 3. The number of halogens is 1. The maximum absolute atomic E-state index is 14.1. The fourth-order valence-electron chi connectivity index (χ4n) is 6.84. The summed E-state index contributed by atoms with van der Waals surface area (Å²) in [5, 5.41) is 42.2. The molecular formula is C32H29BFN3O8. The van der Waals surface area contributed by atoms with Crippen molar-refractivity contribution < 1.29 is 38.8 Å². The van der Waals surface area contributed by atoms with Gasteiger partial charge in [0.1, 0.15) is 0 Å². The molecule has 230 valence electrons. The average molecular weight is 613 g/mol. The number of carbonyl (C=O) groups is 2. The Hall–Kier alpha value is -4.72. The third-order valence-electron chi connectivity index (χ3n) is 8.78. The Bertz CT molecular complexity index is 1730. The van der Waals surface area contributed by atoms with Crippen molar-refractivity contribution in [2.24, 2.45) is 17.8 Å². The number of fused-ring (bicyclic) bond motifs is 3. The van der Waals surface area contributed by atoms with Gasteiger partial charge in [0.05, 0.1) is 40.9 Å². The predicted octanol–water partition coefficient (Wildman–Crippen LogP) is 4.15. The summed E-state index contributed by atoms with van der Waals surface area (Å²) in [7, 11) is -1.24. The number of carbonyl (C=O) groups excluding carboxylic acids is 2. The number of aromatic nitrogens is 1. The van der Waals surface area contributed by atoms with Gasteiger partial charge in [-0.3, -0.25) is 24.7 Å². The molecule has 0 bridgehead atoms. The average Bonchev–Trinajstić information content (AvgIpc) is 3.29. The summed E-state index contributed by atoms with van der Waals surface area (Å²) in [5.41, 5.74) is 2.92. The molecule has 1 aromatic heterocycles. The number of nitro groups is 1. The van der Waals surface area contributed by atoms with Gasteiger partial charge in [-0.2, -0.15) is 0 Å². The zero-order valence-electron chi connectivity index (χ0n) is 24.0. The van der Waals surface area contributed by atoms with E-state index in [0.717, 1.165) is 10.5 Å². The van der Waals surface area contributed by atoms with E-state index < -0.39 is 59.3 Å². The van der Waals surface area contributed by atoms with Crippen molar-refractivity contribution in [1.29, 1.82) is 0 Å². The van der Waals surface area contributed by atoms with Crippen LogP contribution in [0, 0.1) is 33.7 Å². The van der Waals surface area contributed by atoms with E-state index in [4.69, 9.17) is 4.65 Å². The third kappa shape index (κ3) is 5.77. The quantitative estimate of drug-likeness (QED) is 0.111. The van der Waals surface area contributed by atoms with E-state index in [1.165, 1.54) is 36.4 Å². The van der Waals surface area contributed by atoms with Gasteiger partial charge in [-0.15, -0.1) is 0 Å². The number of hydrogen-bond acceptors (Lipinski definition) is 9. The molecule has 0 unspecified atom stereocenters. The molecule has 1 aliphatic carbocycles. The second-order valence-corrected chi connectivity index (χ2v) is 11.4. The molecule has 3 aromatic rings. The summed E-state index contributed by atoms with van der Waals surface area (Å²) < 4.78 is 20.1. The molecule has 0 saturated carbocycles. The lowest BCUT2D eigenvalue weighted by atomic mass is 9.58. The van der Waals surface area contributed by atoms with Crippen LogP contribution in [0.4, 0.5) is 15.8 Å². The monoisotopic (exact) mass is 613 g/mol. The number of non-ortho nitro benzene ring substituents is 1. The first-order valence-corrected chi connectivity index (χ1v) is 14.5. The van der Waals surface area contributed by atoms with Crippen molar-refractivity contribution in [3.63, 3.8) is 0 Å². The van der Waals surface area contributed by atoms with E-state index in [9.17, 15) is 39.3 Å². The highest BCUT2D eigenvalue weighted by Crippen LogP contribution is 2.51. The van der Waals surface area contributed by atoms with Crippen molar-refractivity contribution in [2.75, 3.05) is 11.5 Å². The molecule has 2 aromatic carbocycles. The van der Waals surface area contributed by atoms with Gasteiger partial charge in [-0.05, 0) is 90.2 Å². The summed E-state index contributed by atoms with van der Waals surface area (Å²) in [4.78, 5) is 43.6. The maximum atomic E-state index is 14.1. The molecule has 13 heteroatoms. The van der Waals surface area contributed by atoms with E-state index in [1.807, 2.05) is 6.07 Å². The summed E-state index contributed by atoms with van der Waals surface area (Å²) in [6.45, 7) is -0.376. The molecule has 2 aliphatic heterocycles. The predicted molar refractivity (Wildman–Crippen MR) is 162 cm³/mol. The summed E-state index contributed by atoms with van der Waals surface area (Å²) >= 11 is 0. The van der Waals surface area contributed by atoms with Gasteiger partial charge in [-0.1, -0.05) is 18.2 Å². The number of rotatable bonds is 8. The SMILES string of the molecule is O=C1[C@@H]2[C@@H](CC(CO)=C3[C@@H](CC/C(=C/c4ccc(O)c(F)c4)c4ccccn4)OB(O)C[C@@H]32)C(=O)N1c1cccc([N+](=O)[O-])c1. The van der Waals surface area contributed by atoms with Gasteiger partial charge < -0.3 is 19.9 Å². The van der Waals surface area contributed by atoms with Crippen LogP contribution in [0.25, 0.3) is 11.6 Å². The van der Waals surface area contributed by atoms with Crippen molar-refractivity contribution in [3.8, 4) is 5.75 Å². The van der Waals surface area contributed by atoms with Crippen LogP contribution in [0.3, 0.4) is 0 Å². The topological polar surface area (TPSA) is 163 Å². The lowest BCUT2D eigenvalue weighted by Gasteiger charge is -2.42. The molecule has 2 amide bonds. The van der Waals surface area contributed by atoms with Crippen LogP contribution in [-0.2, 0) is 14.2 Å². The molecule has 3 aliphatic rings. The van der Waals surface area contributed by atoms with Crippen molar-refractivity contribution in [3.05, 3.63) is 105 Å². The zero-order chi connectivity index (χ0) is 31.8. The normalized spacial score (nSPS) is 23.3. The van der Waals surface area contributed by atoms with Crippen LogP contribution < -0.4 is 4.90 Å². The van der Waals surface area contributed by atoms with Gasteiger partial charge in [-0.25, -0.2) is 9.29 Å². The number of aliphatic hydroxyl groups is 1. The summed E-state index contributed by atoms with van der Waals surface area (Å²) in [6.07, 6.45) is 3.47. The lowest BCUT2D eigenvalue weighted by molar-refractivity contribution is -0.384. The molecule has 11 nitrogen and oxygen atoms in total. The van der Waals surface area contributed by atoms with E-state index in [-0.39, 0.29) is 30.7 Å². The Balaban J connectivity index is 1.31. The number of nitrogens with zero attached hydrogens (tertiary/aromatic N) is 3. The number of aliphatic hydroxyl groups excluding tert-OH is 1. The van der Waals surface area contributed by atoms with E-state index in [1.54, 1.807) is 30.5 Å². The molecule has 2 fully saturated rings. The number of aromatic hydroxyl groups is 1. The lowest BCUT2D eigenvalue weighted by Crippen LogP contribution is -2.46. The molecule has 45 heavy (non-hydrogen) atoms. The molecule has 0 radical (unpaired) electrons. The molecule has 0 spiro atoms. The van der Waals surface area contributed by atoms with Crippen LogP contribution in [0.5, 0.6) is 5.75 Å². The van der Waals surface area contributed by atoms with Crippen LogP contribution in [0.15, 0.2) is 78.0 Å². The van der Waals surface area contributed by atoms with Crippen LogP contribution >= 0.6 is 0 Å². The maximum Gasteiger partial charge on any atom is 0.455 e. The minimum absolute atomic E-state index is 0.0357. The van der Waals surface area contributed by atoms with Crippen LogP contribution in [0.2, 0.25) is 6.32 Å². The first kappa shape index (κ1) is 30.3. The van der Waals surface area contributed by atoms with E-state index in [0.29, 0.717) is 35.2 Å². The standard InChI is InChI=1S/C32H29BFN3O8/c34-25-13-18(7-9-27(25)39)12-19(26-6-1-2-11-35-26)8-10-28-29-20(17-38)14-23-30(24(29)16-33(42)45-28)32(41)36(31(23)40)21-4-3-5-22(15-21)37(43)44/h1-7,9,11-13,15,23-24,28,30,38-39,42H,8,10,14,16-17H2/b19-12-/t23-,24+,28-,30-/m1/s1. The number of allylic oxidation sites excluding steroid dienone is 1.